The standard InChI is InChI=1S/C17H15ClN4OS2/c1-10-7-11(2)20-16(19-10)25-9-15(23)22-17-21-14(8-24-17)12-5-3-4-6-13(12)18/h3-8H,9H2,1-2H3,(H,21,22,23). The van der Waals surface area contributed by atoms with Gasteiger partial charge in [0.25, 0.3) is 0 Å². The Kier molecular flexibility index (Phi) is 5.67. The highest BCUT2D eigenvalue weighted by atomic mass is 35.5. The van der Waals surface area contributed by atoms with E-state index in [9.17, 15) is 4.79 Å². The van der Waals surface area contributed by atoms with Gasteiger partial charge in [-0.1, -0.05) is 41.6 Å². The van der Waals surface area contributed by atoms with Crippen molar-refractivity contribution in [3.05, 3.63) is 52.1 Å². The minimum absolute atomic E-state index is 0.146. The number of thioether (sulfide) groups is 1. The molecule has 0 spiro atoms. The molecule has 0 aliphatic heterocycles. The maximum Gasteiger partial charge on any atom is 0.236 e. The predicted octanol–water partition coefficient (Wildman–Crippen LogP) is 4.60. The van der Waals surface area contributed by atoms with E-state index in [1.807, 2.05) is 49.6 Å². The van der Waals surface area contributed by atoms with E-state index >= 15 is 0 Å². The van der Waals surface area contributed by atoms with E-state index in [0.29, 0.717) is 15.3 Å². The topological polar surface area (TPSA) is 67.8 Å². The number of anilines is 1. The normalized spacial score (nSPS) is 10.7. The van der Waals surface area contributed by atoms with Gasteiger partial charge in [-0.05, 0) is 26.0 Å². The van der Waals surface area contributed by atoms with E-state index in [4.69, 9.17) is 11.6 Å². The summed E-state index contributed by atoms with van der Waals surface area (Å²) in [5.74, 6) is 0.0806. The molecule has 5 nitrogen and oxygen atoms in total. The van der Waals surface area contributed by atoms with Gasteiger partial charge >= 0.3 is 0 Å². The van der Waals surface area contributed by atoms with E-state index in [1.165, 1.54) is 23.1 Å². The maximum atomic E-state index is 12.1. The number of aromatic nitrogens is 3. The number of nitrogens with one attached hydrogen (secondary N) is 1. The number of hydrogen-bond donors (Lipinski definition) is 1. The van der Waals surface area contributed by atoms with Gasteiger partial charge < -0.3 is 5.32 Å². The molecule has 3 aromatic rings. The predicted molar refractivity (Wildman–Crippen MR) is 103 cm³/mol. The van der Waals surface area contributed by atoms with Crippen molar-refractivity contribution in [2.75, 3.05) is 11.1 Å². The molecule has 0 aliphatic rings. The molecule has 128 valence electrons. The Morgan fingerprint density at radius 2 is 1.92 bits per heavy atom. The van der Waals surface area contributed by atoms with E-state index < -0.39 is 0 Å². The van der Waals surface area contributed by atoms with Crippen LogP contribution in [0.25, 0.3) is 11.3 Å². The zero-order valence-corrected chi connectivity index (χ0v) is 16.0. The maximum absolute atomic E-state index is 12.1. The summed E-state index contributed by atoms with van der Waals surface area (Å²) in [6.07, 6.45) is 0. The first-order valence-corrected chi connectivity index (χ1v) is 9.71. The van der Waals surface area contributed by atoms with Gasteiger partial charge in [-0.15, -0.1) is 11.3 Å². The van der Waals surface area contributed by atoms with Crippen LogP contribution >= 0.6 is 34.7 Å². The Bertz CT molecular complexity index is 893. The lowest BCUT2D eigenvalue weighted by Crippen LogP contribution is -2.14. The Morgan fingerprint density at radius 3 is 2.64 bits per heavy atom. The van der Waals surface area contributed by atoms with Crippen LogP contribution in [-0.4, -0.2) is 26.6 Å². The summed E-state index contributed by atoms with van der Waals surface area (Å²) in [6, 6.07) is 9.38. The fourth-order valence-corrected chi connectivity index (χ4v) is 3.88. The summed E-state index contributed by atoms with van der Waals surface area (Å²) < 4.78 is 0. The smallest absolute Gasteiger partial charge is 0.236 e. The lowest BCUT2D eigenvalue weighted by Gasteiger charge is -2.03. The van der Waals surface area contributed by atoms with Crippen LogP contribution in [-0.2, 0) is 4.79 Å². The third-order valence-corrected chi connectivity index (χ3v) is 5.13. The molecule has 8 heteroatoms. The second-order valence-corrected chi connectivity index (χ2v) is 7.50. The van der Waals surface area contributed by atoms with Gasteiger partial charge in [0.1, 0.15) is 0 Å². The monoisotopic (exact) mass is 390 g/mol. The van der Waals surface area contributed by atoms with Gasteiger partial charge in [0.05, 0.1) is 11.4 Å². The van der Waals surface area contributed by atoms with Crippen molar-refractivity contribution in [2.45, 2.75) is 19.0 Å². The molecule has 1 aromatic carbocycles. The Morgan fingerprint density at radius 1 is 1.20 bits per heavy atom. The lowest BCUT2D eigenvalue weighted by molar-refractivity contribution is -0.113. The van der Waals surface area contributed by atoms with Crippen molar-refractivity contribution in [2.24, 2.45) is 0 Å². The quantitative estimate of drug-likeness (QED) is 0.509. The number of thiazole rings is 1. The first-order chi connectivity index (χ1) is 12.0. The molecule has 0 unspecified atom stereocenters. The van der Waals surface area contributed by atoms with Gasteiger partial charge in [-0.3, -0.25) is 4.79 Å². The van der Waals surface area contributed by atoms with Crippen LogP contribution in [0.5, 0.6) is 0 Å². The summed E-state index contributed by atoms with van der Waals surface area (Å²) in [7, 11) is 0. The summed E-state index contributed by atoms with van der Waals surface area (Å²) in [5, 5.41) is 6.45. The van der Waals surface area contributed by atoms with Crippen molar-refractivity contribution in [3.63, 3.8) is 0 Å². The first kappa shape index (κ1) is 17.8. The van der Waals surface area contributed by atoms with Crippen molar-refractivity contribution in [1.29, 1.82) is 0 Å². The Balaban J connectivity index is 1.61. The zero-order valence-electron chi connectivity index (χ0n) is 13.6. The molecular formula is C17H15ClN4OS2. The molecule has 1 amide bonds. The zero-order chi connectivity index (χ0) is 17.8. The molecule has 0 aliphatic carbocycles. The SMILES string of the molecule is Cc1cc(C)nc(SCC(=O)Nc2nc(-c3ccccc3Cl)cs2)n1. The van der Waals surface area contributed by atoms with Crippen LogP contribution in [0, 0.1) is 13.8 Å². The van der Waals surface area contributed by atoms with E-state index in [2.05, 4.69) is 20.3 Å². The molecule has 3 rings (SSSR count). The molecule has 2 aromatic heterocycles. The average molecular weight is 391 g/mol. The van der Waals surface area contributed by atoms with Gasteiger partial charge in [0.2, 0.25) is 5.91 Å². The van der Waals surface area contributed by atoms with E-state index in [1.54, 1.807) is 0 Å². The van der Waals surface area contributed by atoms with Gasteiger partial charge in [-0.2, -0.15) is 0 Å². The molecule has 1 N–H and O–H groups in total. The minimum Gasteiger partial charge on any atom is -0.301 e. The third-order valence-electron chi connectivity index (χ3n) is 3.19. The Hall–Kier alpha value is -1.96. The molecule has 0 atom stereocenters. The fourth-order valence-electron chi connectivity index (χ4n) is 2.17. The molecule has 0 saturated heterocycles. The molecule has 0 bridgehead atoms. The van der Waals surface area contributed by atoms with Gasteiger partial charge in [0, 0.05) is 27.4 Å². The summed E-state index contributed by atoms with van der Waals surface area (Å²) >= 11 is 8.85. The third kappa shape index (κ3) is 4.78. The second kappa shape index (κ2) is 7.95. The largest absolute Gasteiger partial charge is 0.301 e. The van der Waals surface area contributed by atoms with Crippen LogP contribution < -0.4 is 5.32 Å². The van der Waals surface area contributed by atoms with E-state index in [-0.39, 0.29) is 11.7 Å². The highest BCUT2D eigenvalue weighted by molar-refractivity contribution is 7.99. The van der Waals surface area contributed by atoms with Crippen molar-refractivity contribution in [3.8, 4) is 11.3 Å². The van der Waals surface area contributed by atoms with Crippen molar-refractivity contribution >= 4 is 45.7 Å². The number of aryl methyl sites for hydroxylation is 2. The number of amides is 1. The molecule has 2 heterocycles. The van der Waals surface area contributed by atoms with Crippen LogP contribution in [0.2, 0.25) is 5.02 Å². The molecule has 0 saturated carbocycles. The van der Waals surface area contributed by atoms with Crippen molar-refractivity contribution < 1.29 is 4.79 Å². The molecule has 0 radical (unpaired) electrons. The van der Waals surface area contributed by atoms with Crippen LogP contribution in [0.15, 0.2) is 40.9 Å². The van der Waals surface area contributed by atoms with Gasteiger partial charge in [-0.25, -0.2) is 15.0 Å². The molecular weight excluding hydrogens is 376 g/mol. The minimum atomic E-state index is -0.146. The van der Waals surface area contributed by atoms with Crippen LogP contribution in [0.4, 0.5) is 5.13 Å². The summed E-state index contributed by atoms with van der Waals surface area (Å²) in [5.41, 5.74) is 3.37. The highest BCUT2D eigenvalue weighted by Gasteiger charge is 2.11. The number of halogens is 1. The molecule has 25 heavy (non-hydrogen) atoms. The van der Waals surface area contributed by atoms with Crippen molar-refractivity contribution in [1.82, 2.24) is 15.0 Å². The lowest BCUT2D eigenvalue weighted by atomic mass is 10.2. The second-order valence-electron chi connectivity index (χ2n) is 5.29. The molecule has 0 fully saturated rings. The number of nitrogens with zero attached hydrogens (tertiary/aromatic N) is 3. The van der Waals surface area contributed by atoms with Gasteiger partial charge in [0.15, 0.2) is 10.3 Å². The number of carbonyl (C=O) groups excluding carboxylic acids is 1. The number of hydrogen-bond acceptors (Lipinski definition) is 6. The van der Waals surface area contributed by atoms with Crippen LogP contribution in [0.3, 0.4) is 0 Å². The number of carbonyl (C=O) groups is 1. The summed E-state index contributed by atoms with van der Waals surface area (Å²) in [6.45, 7) is 3.81. The van der Waals surface area contributed by atoms with E-state index in [0.717, 1.165) is 22.6 Å². The Labute approximate surface area is 158 Å². The highest BCUT2D eigenvalue weighted by Crippen LogP contribution is 2.30. The number of benzene rings is 1. The fraction of sp³-hybridized carbons (Fsp3) is 0.176. The number of rotatable bonds is 5. The first-order valence-electron chi connectivity index (χ1n) is 7.46. The average Bonchev–Trinajstić information content (AvgIpc) is 3.01. The van der Waals surface area contributed by atoms with Crippen LogP contribution in [0.1, 0.15) is 11.4 Å². The summed E-state index contributed by atoms with van der Waals surface area (Å²) in [4.78, 5) is 25.2.